The Hall–Kier alpha value is -0.650. The lowest BCUT2D eigenvalue weighted by Crippen LogP contribution is -2.03. The summed E-state index contributed by atoms with van der Waals surface area (Å²) in [6, 6.07) is 6.08. The fourth-order valence-electron chi connectivity index (χ4n) is 2.44. The molecule has 2 aromatic rings. The van der Waals surface area contributed by atoms with Gasteiger partial charge in [0.05, 0.1) is 12.0 Å². The number of hydrogen-bond acceptors (Lipinski definition) is 1. The van der Waals surface area contributed by atoms with Gasteiger partial charge in [-0.25, -0.2) is 8.78 Å². The van der Waals surface area contributed by atoms with E-state index in [-0.39, 0.29) is 5.56 Å². The SMILES string of the molecule is Fc1cc(Br)cc(F)c1C(Cl)c1cc(Br)cc2c1OCC2. The maximum absolute atomic E-state index is 14.1. The van der Waals surface area contributed by atoms with Crippen LogP contribution in [0.2, 0.25) is 0 Å². The summed E-state index contributed by atoms with van der Waals surface area (Å²) < 4.78 is 34.9. The van der Waals surface area contributed by atoms with Crippen molar-refractivity contribution in [1.29, 1.82) is 0 Å². The van der Waals surface area contributed by atoms with Crippen LogP contribution in [0, 0.1) is 11.6 Å². The van der Waals surface area contributed by atoms with Gasteiger partial charge < -0.3 is 4.74 Å². The second-order valence-corrected chi connectivity index (χ2v) is 7.00. The highest BCUT2D eigenvalue weighted by Crippen LogP contribution is 2.43. The van der Waals surface area contributed by atoms with Crippen molar-refractivity contribution in [2.75, 3.05) is 6.61 Å². The largest absolute Gasteiger partial charge is 0.493 e. The Morgan fingerprint density at radius 2 is 1.67 bits per heavy atom. The molecule has 1 aliphatic rings. The Morgan fingerprint density at radius 3 is 2.33 bits per heavy atom. The van der Waals surface area contributed by atoms with E-state index in [0.29, 0.717) is 22.4 Å². The van der Waals surface area contributed by atoms with E-state index in [1.54, 1.807) is 6.07 Å². The van der Waals surface area contributed by atoms with Gasteiger partial charge in [-0.15, -0.1) is 11.6 Å². The first-order valence-corrected chi connectivity index (χ1v) is 8.23. The van der Waals surface area contributed by atoms with Gasteiger partial charge in [-0.05, 0) is 29.8 Å². The second-order valence-electron chi connectivity index (χ2n) is 4.73. The van der Waals surface area contributed by atoms with E-state index in [0.717, 1.165) is 16.5 Å². The van der Waals surface area contributed by atoms with Gasteiger partial charge in [0, 0.05) is 26.5 Å². The third-order valence-electron chi connectivity index (χ3n) is 3.35. The Kier molecular flexibility index (Phi) is 4.26. The van der Waals surface area contributed by atoms with Crippen molar-refractivity contribution in [1.82, 2.24) is 0 Å². The Labute approximate surface area is 142 Å². The minimum absolute atomic E-state index is 0.171. The molecule has 6 heteroatoms. The number of fused-ring (bicyclic) bond motifs is 1. The number of benzene rings is 2. The summed E-state index contributed by atoms with van der Waals surface area (Å²) in [7, 11) is 0. The molecule has 0 spiro atoms. The van der Waals surface area contributed by atoms with Gasteiger partial charge in [0.25, 0.3) is 0 Å². The summed E-state index contributed by atoms with van der Waals surface area (Å²) in [6.07, 6.45) is 0.761. The van der Waals surface area contributed by atoms with Gasteiger partial charge in [-0.3, -0.25) is 0 Å². The van der Waals surface area contributed by atoms with Crippen molar-refractivity contribution in [3.05, 3.63) is 61.5 Å². The number of hydrogen-bond donors (Lipinski definition) is 0. The smallest absolute Gasteiger partial charge is 0.132 e. The third kappa shape index (κ3) is 2.83. The molecule has 0 saturated heterocycles. The summed E-state index contributed by atoms with van der Waals surface area (Å²) in [5, 5.41) is -0.956. The maximum atomic E-state index is 14.1. The van der Waals surface area contributed by atoms with Crippen LogP contribution in [0.25, 0.3) is 0 Å². The summed E-state index contributed by atoms with van der Waals surface area (Å²) in [5.74, 6) is -0.748. The zero-order valence-corrected chi connectivity index (χ0v) is 14.5. The van der Waals surface area contributed by atoms with Crippen LogP contribution in [-0.4, -0.2) is 6.61 Å². The fraction of sp³-hybridized carbons (Fsp3) is 0.200. The predicted octanol–water partition coefficient (Wildman–Crippen LogP) is 5.75. The molecule has 21 heavy (non-hydrogen) atoms. The number of rotatable bonds is 2. The zero-order valence-electron chi connectivity index (χ0n) is 10.6. The average Bonchev–Trinajstić information content (AvgIpc) is 2.84. The minimum Gasteiger partial charge on any atom is -0.493 e. The molecule has 0 radical (unpaired) electrons. The van der Waals surface area contributed by atoms with Gasteiger partial charge in [0.1, 0.15) is 17.4 Å². The van der Waals surface area contributed by atoms with Gasteiger partial charge in [0.2, 0.25) is 0 Å². The quantitative estimate of drug-likeness (QED) is 0.543. The molecule has 1 heterocycles. The van der Waals surface area contributed by atoms with Crippen molar-refractivity contribution in [2.45, 2.75) is 11.8 Å². The highest BCUT2D eigenvalue weighted by molar-refractivity contribution is 9.10. The van der Waals surface area contributed by atoms with E-state index in [4.69, 9.17) is 16.3 Å². The lowest BCUT2D eigenvalue weighted by Gasteiger charge is -2.16. The van der Waals surface area contributed by atoms with Crippen LogP contribution in [0.1, 0.15) is 22.1 Å². The van der Waals surface area contributed by atoms with Crippen molar-refractivity contribution < 1.29 is 13.5 Å². The first-order valence-electron chi connectivity index (χ1n) is 6.21. The molecule has 1 aliphatic heterocycles. The molecule has 2 aromatic carbocycles. The van der Waals surface area contributed by atoms with E-state index >= 15 is 0 Å². The van der Waals surface area contributed by atoms with Gasteiger partial charge in [0.15, 0.2) is 0 Å². The molecule has 0 fully saturated rings. The Balaban J connectivity index is 2.14. The van der Waals surface area contributed by atoms with Gasteiger partial charge in [-0.2, -0.15) is 0 Å². The molecule has 1 atom stereocenters. The standard InChI is InChI=1S/C15H9Br2ClF2O/c16-8-3-7-1-2-21-15(7)10(4-8)14(18)13-11(19)5-9(17)6-12(13)20/h3-6,14H,1-2H2. The average molecular weight is 438 g/mol. The van der Waals surface area contributed by atoms with E-state index in [2.05, 4.69) is 31.9 Å². The van der Waals surface area contributed by atoms with E-state index in [1.165, 1.54) is 12.1 Å². The normalized spacial score (nSPS) is 14.7. The maximum Gasteiger partial charge on any atom is 0.132 e. The van der Waals surface area contributed by atoms with Gasteiger partial charge >= 0.3 is 0 Å². The molecule has 3 rings (SSSR count). The summed E-state index contributed by atoms with van der Waals surface area (Å²) in [5.41, 5.74) is 1.39. The first kappa shape index (κ1) is 15.3. The van der Waals surface area contributed by atoms with E-state index < -0.39 is 17.0 Å². The summed E-state index contributed by atoms with van der Waals surface area (Å²) >= 11 is 12.8. The Bertz CT molecular complexity index is 698. The molecule has 1 unspecified atom stereocenters. The third-order valence-corrected chi connectivity index (χ3v) is 4.72. The van der Waals surface area contributed by atoms with Crippen molar-refractivity contribution in [3.8, 4) is 5.75 Å². The lowest BCUT2D eigenvalue weighted by atomic mass is 10.00. The molecule has 0 aliphatic carbocycles. The second kappa shape index (κ2) is 5.86. The molecule has 0 saturated carbocycles. The number of halogens is 5. The van der Waals surface area contributed by atoms with Crippen LogP contribution in [0.15, 0.2) is 33.2 Å². The molecule has 0 bridgehead atoms. The van der Waals surface area contributed by atoms with Crippen molar-refractivity contribution in [3.63, 3.8) is 0 Å². The predicted molar refractivity (Wildman–Crippen MR) is 85.1 cm³/mol. The van der Waals surface area contributed by atoms with Crippen LogP contribution in [0.4, 0.5) is 8.78 Å². The summed E-state index contributed by atoms with van der Waals surface area (Å²) in [6.45, 7) is 0.549. The lowest BCUT2D eigenvalue weighted by molar-refractivity contribution is 0.353. The molecular weight excluding hydrogens is 429 g/mol. The Morgan fingerprint density at radius 1 is 1.05 bits per heavy atom. The molecular formula is C15H9Br2ClF2O. The molecule has 0 aromatic heterocycles. The molecule has 0 N–H and O–H groups in total. The summed E-state index contributed by atoms with van der Waals surface area (Å²) in [4.78, 5) is 0. The monoisotopic (exact) mass is 436 g/mol. The molecule has 1 nitrogen and oxygen atoms in total. The highest BCUT2D eigenvalue weighted by Gasteiger charge is 2.27. The van der Waals surface area contributed by atoms with Gasteiger partial charge in [-0.1, -0.05) is 31.9 Å². The fourth-order valence-corrected chi connectivity index (χ4v) is 3.73. The van der Waals surface area contributed by atoms with E-state index in [9.17, 15) is 8.78 Å². The number of ether oxygens (including phenoxy) is 1. The first-order chi connectivity index (χ1) is 9.97. The van der Waals surface area contributed by atoms with Crippen LogP contribution < -0.4 is 4.74 Å². The van der Waals surface area contributed by atoms with Crippen LogP contribution in [0.3, 0.4) is 0 Å². The van der Waals surface area contributed by atoms with Crippen LogP contribution >= 0.6 is 43.5 Å². The zero-order chi connectivity index (χ0) is 15.1. The number of alkyl halides is 1. The van der Waals surface area contributed by atoms with Crippen molar-refractivity contribution >= 4 is 43.5 Å². The van der Waals surface area contributed by atoms with Crippen molar-refractivity contribution in [2.24, 2.45) is 0 Å². The van der Waals surface area contributed by atoms with Crippen LogP contribution in [-0.2, 0) is 6.42 Å². The minimum atomic E-state index is -0.956. The molecule has 110 valence electrons. The molecule has 0 amide bonds. The van der Waals surface area contributed by atoms with Crippen LogP contribution in [0.5, 0.6) is 5.75 Å². The van der Waals surface area contributed by atoms with E-state index in [1.807, 2.05) is 6.07 Å². The highest BCUT2D eigenvalue weighted by atomic mass is 79.9. The topological polar surface area (TPSA) is 9.23 Å².